The van der Waals surface area contributed by atoms with Crippen LogP contribution in [0, 0.1) is 5.92 Å². The molecule has 0 spiro atoms. The Morgan fingerprint density at radius 2 is 1.97 bits per heavy atom. The minimum absolute atomic E-state index is 0.142. The van der Waals surface area contributed by atoms with Crippen molar-refractivity contribution in [3.63, 3.8) is 0 Å². The molecule has 6 N–H and O–H groups in total. The molecule has 2 aliphatic rings. The molecule has 1 aromatic carbocycles. The SMILES string of the molecule is COc1cc(CNC2CCOCC2)ccc1Cn1ncc2nc(N)nc(N)c21.OCCCC1CC1. The fraction of sp³-hybridized carbons (Fsp3) is 0.560. The fourth-order valence-electron chi connectivity index (χ4n) is 4.31. The Labute approximate surface area is 206 Å². The molecular weight excluding hydrogens is 446 g/mol. The lowest BCUT2D eigenvalue weighted by atomic mass is 10.1. The summed E-state index contributed by atoms with van der Waals surface area (Å²) in [7, 11) is 1.67. The molecule has 35 heavy (non-hydrogen) atoms. The maximum absolute atomic E-state index is 8.34. The van der Waals surface area contributed by atoms with Crippen LogP contribution in [0.4, 0.5) is 11.8 Å². The van der Waals surface area contributed by atoms with Crippen LogP contribution in [0.25, 0.3) is 11.0 Å². The summed E-state index contributed by atoms with van der Waals surface area (Å²) in [6.45, 7) is 3.34. The monoisotopic (exact) mass is 483 g/mol. The van der Waals surface area contributed by atoms with Gasteiger partial charge in [0, 0.05) is 38.0 Å². The predicted molar refractivity (Wildman–Crippen MR) is 136 cm³/mol. The van der Waals surface area contributed by atoms with Gasteiger partial charge in [-0.1, -0.05) is 25.0 Å². The number of fused-ring (bicyclic) bond motifs is 1. The molecule has 0 bridgehead atoms. The topological polar surface area (TPSA) is 146 Å². The second-order valence-corrected chi connectivity index (χ2v) is 9.23. The quantitative estimate of drug-likeness (QED) is 0.360. The molecule has 190 valence electrons. The van der Waals surface area contributed by atoms with E-state index in [0.717, 1.165) is 56.3 Å². The summed E-state index contributed by atoms with van der Waals surface area (Å²) in [4.78, 5) is 8.22. The van der Waals surface area contributed by atoms with Gasteiger partial charge >= 0.3 is 0 Å². The summed E-state index contributed by atoms with van der Waals surface area (Å²) in [5.41, 5.74) is 15.1. The van der Waals surface area contributed by atoms with Gasteiger partial charge in [0.1, 0.15) is 16.8 Å². The standard InChI is InChI=1S/C19H25N7O2.C6H12O/c1-27-16-8-12(9-22-14-4-6-28-7-5-14)2-3-13(16)11-26-17-15(10-23-26)24-19(21)25-18(17)20;7-5-1-2-6-3-4-6/h2-3,8,10,14,22H,4-7,9,11H2,1H3,(H4,20,21,24,25);6-7H,1-5H2. The van der Waals surface area contributed by atoms with Crippen molar-refractivity contribution in [2.75, 3.05) is 38.4 Å². The van der Waals surface area contributed by atoms with E-state index in [9.17, 15) is 0 Å². The Morgan fingerprint density at radius 1 is 1.17 bits per heavy atom. The smallest absolute Gasteiger partial charge is 0.222 e. The van der Waals surface area contributed by atoms with Gasteiger partial charge in [0.05, 0.1) is 19.9 Å². The molecule has 0 unspecified atom stereocenters. The van der Waals surface area contributed by atoms with Crippen LogP contribution in [0.3, 0.4) is 0 Å². The largest absolute Gasteiger partial charge is 0.496 e. The lowest BCUT2D eigenvalue weighted by Crippen LogP contribution is -2.34. The highest BCUT2D eigenvalue weighted by atomic mass is 16.5. The number of anilines is 2. The number of hydrogen-bond donors (Lipinski definition) is 4. The van der Waals surface area contributed by atoms with Crippen molar-refractivity contribution < 1.29 is 14.6 Å². The third-order valence-corrected chi connectivity index (χ3v) is 6.49. The van der Waals surface area contributed by atoms with E-state index in [-0.39, 0.29) is 5.95 Å². The lowest BCUT2D eigenvalue weighted by Gasteiger charge is -2.23. The van der Waals surface area contributed by atoms with Crippen LogP contribution in [0.5, 0.6) is 5.75 Å². The summed E-state index contributed by atoms with van der Waals surface area (Å²) in [6, 6.07) is 6.73. The van der Waals surface area contributed by atoms with E-state index < -0.39 is 0 Å². The fourth-order valence-corrected chi connectivity index (χ4v) is 4.31. The molecule has 10 heteroatoms. The van der Waals surface area contributed by atoms with E-state index in [2.05, 4.69) is 38.6 Å². The second-order valence-electron chi connectivity index (χ2n) is 9.23. The lowest BCUT2D eigenvalue weighted by molar-refractivity contribution is 0.0776. The van der Waals surface area contributed by atoms with Crippen molar-refractivity contribution in [1.82, 2.24) is 25.1 Å². The van der Waals surface area contributed by atoms with E-state index in [4.69, 9.17) is 26.0 Å². The van der Waals surface area contributed by atoms with Crippen molar-refractivity contribution in [3.05, 3.63) is 35.5 Å². The summed E-state index contributed by atoms with van der Waals surface area (Å²) in [6.07, 6.45) is 8.86. The molecule has 1 saturated heterocycles. The van der Waals surface area contributed by atoms with Crippen LogP contribution in [-0.4, -0.2) is 57.8 Å². The van der Waals surface area contributed by atoms with E-state index >= 15 is 0 Å². The number of nitrogens with zero attached hydrogens (tertiary/aromatic N) is 4. The highest BCUT2D eigenvalue weighted by Gasteiger charge is 2.19. The first-order chi connectivity index (χ1) is 17.1. The van der Waals surface area contributed by atoms with Gasteiger partial charge < -0.3 is 31.4 Å². The number of hydrogen-bond acceptors (Lipinski definition) is 9. The number of aromatic nitrogens is 4. The van der Waals surface area contributed by atoms with Gasteiger partial charge in [-0.2, -0.15) is 10.1 Å². The van der Waals surface area contributed by atoms with Crippen LogP contribution in [0.1, 0.15) is 49.7 Å². The molecule has 2 aromatic heterocycles. The van der Waals surface area contributed by atoms with Crippen molar-refractivity contribution in [3.8, 4) is 5.75 Å². The number of aliphatic hydroxyl groups excluding tert-OH is 1. The van der Waals surface area contributed by atoms with Crippen LogP contribution in [-0.2, 0) is 17.8 Å². The molecule has 3 heterocycles. The number of nitrogens with two attached hydrogens (primary N) is 2. The predicted octanol–water partition coefficient (Wildman–Crippen LogP) is 2.49. The maximum Gasteiger partial charge on any atom is 0.222 e. The third-order valence-electron chi connectivity index (χ3n) is 6.49. The van der Waals surface area contributed by atoms with Gasteiger partial charge in [0.25, 0.3) is 0 Å². The third kappa shape index (κ3) is 7.03. The molecule has 2 fully saturated rings. The van der Waals surface area contributed by atoms with Crippen LogP contribution in [0.2, 0.25) is 0 Å². The van der Waals surface area contributed by atoms with Gasteiger partial charge in [0.2, 0.25) is 5.95 Å². The zero-order valence-electron chi connectivity index (χ0n) is 20.4. The molecule has 1 aliphatic heterocycles. The van der Waals surface area contributed by atoms with Crippen LogP contribution in [0.15, 0.2) is 24.4 Å². The van der Waals surface area contributed by atoms with Gasteiger partial charge in [0.15, 0.2) is 5.82 Å². The van der Waals surface area contributed by atoms with Gasteiger partial charge in [-0.15, -0.1) is 0 Å². The minimum atomic E-state index is 0.142. The Hall–Kier alpha value is -2.95. The number of methoxy groups -OCH3 is 1. The minimum Gasteiger partial charge on any atom is -0.496 e. The van der Waals surface area contributed by atoms with Crippen LogP contribution < -0.4 is 21.5 Å². The first-order valence-corrected chi connectivity index (χ1v) is 12.4. The van der Waals surface area contributed by atoms with E-state index in [0.29, 0.717) is 36.0 Å². The number of nitrogen functional groups attached to an aromatic ring is 2. The summed E-state index contributed by atoms with van der Waals surface area (Å²) >= 11 is 0. The highest BCUT2D eigenvalue weighted by Crippen LogP contribution is 2.33. The number of ether oxygens (including phenoxy) is 2. The molecule has 0 amide bonds. The van der Waals surface area contributed by atoms with E-state index in [1.165, 1.54) is 24.8 Å². The summed E-state index contributed by atoms with van der Waals surface area (Å²) < 4.78 is 12.8. The highest BCUT2D eigenvalue weighted by molar-refractivity contribution is 5.85. The van der Waals surface area contributed by atoms with Crippen molar-refractivity contribution in [2.24, 2.45) is 5.92 Å². The molecule has 0 atom stereocenters. The van der Waals surface area contributed by atoms with Crippen LogP contribution >= 0.6 is 0 Å². The molecule has 3 aromatic rings. The Morgan fingerprint density at radius 3 is 2.69 bits per heavy atom. The summed E-state index contributed by atoms with van der Waals surface area (Å²) in [5.74, 6) is 2.26. The molecule has 5 rings (SSSR count). The zero-order chi connectivity index (χ0) is 24.6. The van der Waals surface area contributed by atoms with E-state index in [1.807, 2.05) is 0 Å². The zero-order valence-corrected chi connectivity index (χ0v) is 20.4. The van der Waals surface area contributed by atoms with Gasteiger partial charge in [-0.05, 0) is 43.2 Å². The average Bonchev–Trinajstić information content (AvgIpc) is 3.62. The first kappa shape index (κ1) is 25.2. The number of benzene rings is 1. The Bertz CT molecular complexity index is 1090. The van der Waals surface area contributed by atoms with Crippen molar-refractivity contribution >= 4 is 22.8 Å². The first-order valence-electron chi connectivity index (χ1n) is 12.4. The van der Waals surface area contributed by atoms with Crippen molar-refractivity contribution in [2.45, 2.75) is 57.7 Å². The maximum atomic E-state index is 8.34. The molecular formula is C25H37N7O3. The average molecular weight is 484 g/mol. The van der Waals surface area contributed by atoms with Gasteiger partial charge in [-0.25, -0.2) is 4.98 Å². The normalized spacial score (nSPS) is 16.2. The Kier molecular flexibility index (Phi) is 8.73. The number of rotatable bonds is 9. The molecule has 0 radical (unpaired) electrons. The van der Waals surface area contributed by atoms with Gasteiger partial charge in [-0.3, -0.25) is 4.68 Å². The number of aliphatic hydroxyl groups is 1. The molecule has 1 aliphatic carbocycles. The summed E-state index contributed by atoms with van der Waals surface area (Å²) in [5, 5.41) is 16.3. The number of nitrogens with one attached hydrogen (secondary N) is 1. The second kappa shape index (κ2) is 12.1. The Balaban J connectivity index is 0.000000356. The molecule has 10 nitrogen and oxygen atoms in total. The van der Waals surface area contributed by atoms with E-state index in [1.54, 1.807) is 18.0 Å². The van der Waals surface area contributed by atoms with Crippen molar-refractivity contribution in [1.29, 1.82) is 0 Å². The molecule has 1 saturated carbocycles.